The molecule has 0 aliphatic heterocycles. The van der Waals surface area contributed by atoms with Crippen LogP contribution in [0.1, 0.15) is 31.7 Å². The Morgan fingerprint density at radius 3 is 2.95 bits per heavy atom. The summed E-state index contributed by atoms with van der Waals surface area (Å²) in [4.78, 5) is 11.7. The molecule has 3 nitrogen and oxygen atoms in total. The van der Waals surface area contributed by atoms with Crippen LogP contribution in [0.5, 0.6) is 5.75 Å². The molecule has 102 valence electrons. The lowest BCUT2D eigenvalue weighted by Gasteiger charge is -2.12. The summed E-state index contributed by atoms with van der Waals surface area (Å²) < 4.78 is 5.52. The Kier molecular flexibility index (Phi) is 6.52. The largest absolute Gasteiger partial charge is 0.493 e. The van der Waals surface area contributed by atoms with E-state index in [1.165, 1.54) is 0 Å². The molecule has 0 heterocycles. The van der Waals surface area contributed by atoms with Crippen molar-refractivity contribution in [2.45, 2.75) is 39.2 Å². The van der Waals surface area contributed by atoms with Gasteiger partial charge in [-0.15, -0.1) is 6.42 Å². The normalized spacial score (nSPS) is 11.4. The van der Waals surface area contributed by atoms with Gasteiger partial charge in [-0.2, -0.15) is 0 Å². The van der Waals surface area contributed by atoms with E-state index >= 15 is 0 Å². The molecule has 0 saturated carbocycles. The number of carbonyl (C=O) groups is 1. The van der Waals surface area contributed by atoms with Gasteiger partial charge in [0.1, 0.15) is 5.75 Å². The molecular formula is C16H21NO2. The summed E-state index contributed by atoms with van der Waals surface area (Å²) in [5.41, 5.74) is 1.14. The molecule has 19 heavy (non-hydrogen) atoms. The average Bonchev–Trinajstić information content (AvgIpc) is 2.38. The van der Waals surface area contributed by atoms with E-state index in [1.54, 1.807) is 0 Å². The first kappa shape index (κ1) is 15.1. The van der Waals surface area contributed by atoms with Crippen molar-refractivity contribution in [3.05, 3.63) is 29.8 Å². The molecular weight excluding hydrogens is 238 g/mol. The average molecular weight is 259 g/mol. The van der Waals surface area contributed by atoms with E-state index in [-0.39, 0.29) is 11.9 Å². The van der Waals surface area contributed by atoms with Crippen LogP contribution in [0.25, 0.3) is 0 Å². The van der Waals surface area contributed by atoms with E-state index in [2.05, 4.69) is 11.2 Å². The fourth-order valence-electron chi connectivity index (χ4n) is 1.72. The van der Waals surface area contributed by atoms with Crippen molar-refractivity contribution in [1.82, 2.24) is 5.32 Å². The number of hydrogen-bond donors (Lipinski definition) is 1. The lowest BCUT2D eigenvalue weighted by atomic mass is 10.2. The molecule has 1 aromatic carbocycles. The number of rotatable bonds is 7. The Morgan fingerprint density at radius 2 is 2.32 bits per heavy atom. The van der Waals surface area contributed by atoms with Crippen LogP contribution in [-0.4, -0.2) is 18.6 Å². The summed E-state index contributed by atoms with van der Waals surface area (Å²) >= 11 is 0. The molecule has 1 N–H and O–H groups in total. The SMILES string of the molecule is C#CC(CCC)NC(=O)CCOc1cccc(C)c1. The number of benzene rings is 1. The smallest absolute Gasteiger partial charge is 0.224 e. The minimum atomic E-state index is -0.170. The zero-order chi connectivity index (χ0) is 14.1. The first-order valence-corrected chi connectivity index (χ1v) is 6.60. The molecule has 0 bridgehead atoms. The maximum absolute atomic E-state index is 11.7. The Hall–Kier alpha value is -1.95. The van der Waals surface area contributed by atoms with Gasteiger partial charge in [0, 0.05) is 0 Å². The van der Waals surface area contributed by atoms with Gasteiger partial charge in [-0.1, -0.05) is 31.4 Å². The van der Waals surface area contributed by atoms with Crippen molar-refractivity contribution >= 4 is 5.91 Å². The number of hydrogen-bond acceptors (Lipinski definition) is 2. The molecule has 1 unspecified atom stereocenters. The third kappa shape index (κ3) is 5.96. The molecule has 1 amide bonds. The summed E-state index contributed by atoms with van der Waals surface area (Å²) in [5.74, 6) is 3.30. The second kappa shape index (κ2) is 8.20. The Labute approximate surface area is 115 Å². The van der Waals surface area contributed by atoms with Crippen LogP contribution in [0.3, 0.4) is 0 Å². The summed E-state index contributed by atoms with van der Waals surface area (Å²) in [6, 6.07) is 7.59. The fourth-order valence-corrected chi connectivity index (χ4v) is 1.72. The van der Waals surface area contributed by atoms with Crippen molar-refractivity contribution in [3.8, 4) is 18.1 Å². The highest BCUT2D eigenvalue weighted by molar-refractivity contribution is 5.76. The molecule has 1 atom stereocenters. The van der Waals surface area contributed by atoms with Gasteiger partial charge >= 0.3 is 0 Å². The lowest BCUT2D eigenvalue weighted by Crippen LogP contribution is -2.34. The first-order valence-electron chi connectivity index (χ1n) is 6.60. The van der Waals surface area contributed by atoms with Crippen LogP contribution in [-0.2, 0) is 4.79 Å². The maximum atomic E-state index is 11.7. The number of amides is 1. The van der Waals surface area contributed by atoms with Crippen molar-refractivity contribution in [2.75, 3.05) is 6.61 Å². The topological polar surface area (TPSA) is 38.3 Å². The molecule has 0 saturated heterocycles. The summed E-state index contributed by atoms with van der Waals surface area (Å²) in [5, 5.41) is 2.81. The van der Waals surface area contributed by atoms with E-state index in [9.17, 15) is 4.79 Å². The number of terminal acetylenes is 1. The van der Waals surface area contributed by atoms with Gasteiger partial charge in [0.05, 0.1) is 19.1 Å². The van der Waals surface area contributed by atoms with E-state index in [0.717, 1.165) is 24.2 Å². The maximum Gasteiger partial charge on any atom is 0.224 e. The highest BCUT2D eigenvalue weighted by Crippen LogP contribution is 2.12. The second-order valence-corrected chi connectivity index (χ2v) is 4.49. The predicted octanol–water partition coefficient (Wildman–Crippen LogP) is 2.68. The Bertz CT molecular complexity index is 448. The van der Waals surface area contributed by atoms with Gasteiger partial charge in [0.15, 0.2) is 0 Å². The van der Waals surface area contributed by atoms with E-state index in [0.29, 0.717) is 13.0 Å². The zero-order valence-electron chi connectivity index (χ0n) is 11.6. The number of nitrogens with one attached hydrogen (secondary N) is 1. The van der Waals surface area contributed by atoms with Gasteiger partial charge in [0.2, 0.25) is 5.91 Å². The Morgan fingerprint density at radius 1 is 1.53 bits per heavy atom. The third-order valence-electron chi connectivity index (χ3n) is 2.70. The second-order valence-electron chi connectivity index (χ2n) is 4.49. The van der Waals surface area contributed by atoms with E-state index in [4.69, 9.17) is 11.2 Å². The van der Waals surface area contributed by atoms with Gasteiger partial charge in [0.25, 0.3) is 0 Å². The molecule has 0 aromatic heterocycles. The molecule has 1 rings (SSSR count). The lowest BCUT2D eigenvalue weighted by molar-refractivity contribution is -0.121. The van der Waals surface area contributed by atoms with Crippen LogP contribution >= 0.6 is 0 Å². The predicted molar refractivity (Wildman–Crippen MR) is 77.0 cm³/mol. The van der Waals surface area contributed by atoms with E-state index < -0.39 is 0 Å². The third-order valence-corrected chi connectivity index (χ3v) is 2.70. The first-order chi connectivity index (χ1) is 9.15. The molecule has 0 aliphatic carbocycles. The summed E-state index contributed by atoms with van der Waals surface area (Å²) in [7, 11) is 0. The number of ether oxygens (including phenoxy) is 1. The van der Waals surface area contributed by atoms with E-state index in [1.807, 2.05) is 38.1 Å². The van der Waals surface area contributed by atoms with Crippen molar-refractivity contribution in [3.63, 3.8) is 0 Å². The minimum Gasteiger partial charge on any atom is -0.493 e. The number of carbonyl (C=O) groups excluding carboxylic acids is 1. The fraction of sp³-hybridized carbons (Fsp3) is 0.438. The van der Waals surface area contributed by atoms with Crippen molar-refractivity contribution < 1.29 is 9.53 Å². The quantitative estimate of drug-likeness (QED) is 0.765. The molecule has 0 spiro atoms. The van der Waals surface area contributed by atoms with Gasteiger partial charge < -0.3 is 10.1 Å². The summed E-state index contributed by atoms with van der Waals surface area (Å²) in [6.45, 7) is 4.40. The van der Waals surface area contributed by atoms with Gasteiger partial charge in [-0.3, -0.25) is 4.79 Å². The highest BCUT2D eigenvalue weighted by Gasteiger charge is 2.08. The number of aryl methyl sites for hydroxylation is 1. The standard InChI is InChI=1S/C16H21NO2/c1-4-7-14(5-2)17-16(18)10-11-19-15-9-6-8-13(3)12-15/h2,6,8-9,12,14H,4,7,10-11H2,1,3H3,(H,17,18). The monoisotopic (exact) mass is 259 g/mol. The Balaban J connectivity index is 2.29. The van der Waals surface area contributed by atoms with Crippen molar-refractivity contribution in [1.29, 1.82) is 0 Å². The van der Waals surface area contributed by atoms with Gasteiger partial charge in [-0.05, 0) is 31.0 Å². The molecule has 3 heteroatoms. The highest BCUT2D eigenvalue weighted by atomic mass is 16.5. The van der Waals surface area contributed by atoms with Crippen molar-refractivity contribution in [2.24, 2.45) is 0 Å². The van der Waals surface area contributed by atoms with Crippen LogP contribution < -0.4 is 10.1 Å². The van der Waals surface area contributed by atoms with Gasteiger partial charge in [-0.25, -0.2) is 0 Å². The van der Waals surface area contributed by atoms with Crippen LogP contribution in [0, 0.1) is 19.3 Å². The van der Waals surface area contributed by atoms with Crippen LogP contribution in [0.4, 0.5) is 0 Å². The molecule has 0 aliphatic rings. The molecule has 0 fully saturated rings. The van der Waals surface area contributed by atoms with Crippen LogP contribution in [0.15, 0.2) is 24.3 Å². The zero-order valence-corrected chi connectivity index (χ0v) is 11.6. The molecule has 0 radical (unpaired) electrons. The summed E-state index contributed by atoms with van der Waals surface area (Å²) in [6.07, 6.45) is 7.42. The molecule has 1 aromatic rings. The minimum absolute atomic E-state index is 0.0657. The van der Waals surface area contributed by atoms with Crippen LogP contribution in [0.2, 0.25) is 0 Å².